The van der Waals surface area contributed by atoms with E-state index in [4.69, 9.17) is 4.74 Å². The number of hydrogen-bond acceptors (Lipinski definition) is 3. The van der Waals surface area contributed by atoms with Gasteiger partial charge in [0.15, 0.2) is 0 Å². The third-order valence-electron chi connectivity index (χ3n) is 3.75. The van der Waals surface area contributed by atoms with E-state index in [2.05, 4.69) is 55.5 Å². The molecule has 0 saturated carbocycles. The van der Waals surface area contributed by atoms with E-state index >= 15 is 0 Å². The van der Waals surface area contributed by atoms with Crippen molar-refractivity contribution in [1.29, 1.82) is 0 Å². The maximum absolute atomic E-state index is 5.43. The van der Waals surface area contributed by atoms with Gasteiger partial charge in [0.1, 0.15) is 0 Å². The van der Waals surface area contributed by atoms with E-state index in [0.29, 0.717) is 12.0 Å². The third kappa shape index (κ3) is 3.47. The van der Waals surface area contributed by atoms with Crippen LogP contribution in [0.2, 0.25) is 0 Å². The van der Waals surface area contributed by atoms with Crippen LogP contribution in [-0.2, 0) is 11.3 Å². The van der Waals surface area contributed by atoms with Crippen LogP contribution in [0.1, 0.15) is 18.9 Å². The molecule has 2 atom stereocenters. The molecule has 1 saturated heterocycles. The molecule has 1 fully saturated rings. The molecule has 1 aromatic rings. The molecule has 0 radical (unpaired) electrons. The lowest BCUT2D eigenvalue weighted by molar-refractivity contribution is 0.178. The highest BCUT2D eigenvalue weighted by Gasteiger charge is 2.21. The van der Waals surface area contributed by atoms with E-state index in [1.165, 1.54) is 17.7 Å². The maximum Gasteiger partial charge on any atom is 0.0509 e. The lowest BCUT2D eigenvalue weighted by Crippen LogP contribution is -2.33. The molecule has 2 unspecified atom stereocenters. The minimum Gasteiger partial charge on any atom is -0.381 e. The van der Waals surface area contributed by atoms with Crippen molar-refractivity contribution in [3.63, 3.8) is 0 Å². The zero-order chi connectivity index (χ0) is 13.0. The average Bonchev–Trinajstić information content (AvgIpc) is 2.90. The molecule has 3 nitrogen and oxygen atoms in total. The lowest BCUT2D eigenvalue weighted by atomic mass is 10.0. The van der Waals surface area contributed by atoms with Crippen LogP contribution in [-0.4, -0.2) is 33.4 Å². The molecule has 0 spiro atoms. The lowest BCUT2D eigenvalue weighted by Gasteiger charge is -2.19. The predicted molar refractivity (Wildman–Crippen MR) is 76.0 cm³/mol. The summed E-state index contributed by atoms with van der Waals surface area (Å²) < 4.78 is 5.43. The van der Waals surface area contributed by atoms with Crippen LogP contribution in [0.15, 0.2) is 24.3 Å². The van der Waals surface area contributed by atoms with Gasteiger partial charge in [0.2, 0.25) is 0 Å². The largest absolute Gasteiger partial charge is 0.381 e. The molecule has 0 aliphatic carbocycles. The number of benzene rings is 1. The van der Waals surface area contributed by atoms with Crippen LogP contribution in [0, 0.1) is 5.92 Å². The van der Waals surface area contributed by atoms with Crippen molar-refractivity contribution in [2.45, 2.75) is 25.9 Å². The molecule has 3 heteroatoms. The highest BCUT2D eigenvalue weighted by atomic mass is 16.5. The summed E-state index contributed by atoms with van der Waals surface area (Å²) in [5.74, 6) is 0.672. The van der Waals surface area contributed by atoms with Crippen molar-refractivity contribution >= 4 is 5.69 Å². The molecule has 1 aliphatic heterocycles. The molecule has 0 aromatic heterocycles. The van der Waals surface area contributed by atoms with Crippen molar-refractivity contribution in [3.8, 4) is 0 Å². The molecule has 1 aromatic carbocycles. The molecule has 1 heterocycles. The molecule has 0 bridgehead atoms. The third-order valence-corrected chi connectivity index (χ3v) is 3.75. The highest BCUT2D eigenvalue weighted by Crippen LogP contribution is 2.17. The molecule has 1 N–H and O–H groups in total. The van der Waals surface area contributed by atoms with E-state index in [1.807, 2.05) is 0 Å². The molecular weight excluding hydrogens is 224 g/mol. The molecule has 0 amide bonds. The van der Waals surface area contributed by atoms with Gasteiger partial charge >= 0.3 is 0 Å². The van der Waals surface area contributed by atoms with E-state index in [-0.39, 0.29) is 0 Å². The summed E-state index contributed by atoms with van der Waals surface area (Å²) in [5, 5.41) is 3.60. The van der Waals surface area contributed by atoms with Gasteiger partial charge in [0.25, 0.3) is 0 Å². The smallest absolute Gasteiger partial charge is 0.0509 e. The van der Waals surface area contributed by atoms with E-state index < -0.39 is 0 Å². The maximum atomic E-state index is 5.43. The number of nitrogens with zero attached hydrogens (tertiary/aromatic N) is 1. The number of nitrogens with one attached hydrogen (secondary N) is 1. The van der Waals surface area contributed by atoms with Gasteiger partial charge in [-0.05, 0) is 37.0 Å². The van der Waals surface area contributed by atoms with Crippen LogP contribution >= 0.6 is 0 Å². The SMILES string of the molecule is CC(NCc1ccc(N(C)C)cc1)C1CCOC1. The fourth-order valence-electron chi connectivity index (χ4n) is 2.30. The molecular formula is C15H24N2O. The Hall–Kier alpha value is -1.06. The Balaban J connectivity index is 1.82. The molecule has 1 aliphatic rings. The number of ether oxygens (including phenoxy) is 1. The molecule has 100 valence electrons. The summed E-state index contributed by atoms with van der Waals surface area (Å²) in [6.45, 7) is 5.03. The van der Waals surface area contributed by atoms with Crippen LogP contribution in [0.25, 0.3) is 0 Å². The first-order valence-electron chi connectivity index (χ1n) is 6.74. The Morgan fingerprint density at radius 3 is 2.61 bits per heavy atom. The normalized spacial score (nSPS) is 20.9. The van der Waals surface area contributed by atoms with Gasteiger partial charge in [-0.3, -0.25) is 0 Å². The van der Waals surface area contributed by atoms with Gasteiger partial charge < -0.3 is 15.0 Å². The van der Waals surface area contributed by atoms with Crippen LogP contribution < -0.4 is 10.2 Å². The Morgan fingerprint density at radius 2 is 2.06 bits per heavy atom. The van der Waals surface area contributed by atoms with E-state index in [1.54, 1.807) is 0 Å². The van der Waals surface area contributed by atoms with Crippen molar-refractivity contribution in [2.24, 2.45) is 5.92 Å². The second kappa shape index (κ2) is 6.21. The van der Waals surface area contributed by atoms with Gasteiger partial charge in [-0.2, -0.15) is 0 Å². The number of rotatable bonds is 5. The first-order chi connectivity index (χ1) is 8.66. The van der Waals surface area contributed by atoms with Gasteiger partial charge in [0.05, 0.1) is 6.61 Å². The Bertz CT molecular complexity index is 355. The molecule has 18 heavy (non-hydrogen) atoms. The van der Waals surface area contributed by atoms with Crippen molar-refractivity contribution in [2.75, 3.05) is 32.2 Å². The van der Waals surface area contributed by atoms with Gasteiger partial charge in [-0.15, -0.1) is 0 Å². The first-order valence-corrected chi connectivity index (χ1v) is 6.74. The zero-order valence-corrected chi connectivity index (χ0v) is 11.6. The Kier molecular flexibility index (Phi) is 4.61. The summed E-state index contributed by atoms with van der Waals surface area (Å²) in [4.78, 5) is 2.12. The predicted octanol–water partition coefficient (Wildman–Crippen LogP) is 2.27. The summed E-state index contributed by atoms with van der Waals surface area (Å²) in [7, 11) is 4.13. The monoisotopic (exact) mass is 248 g/mol. The quantitative estimate of drug-likeness (QED) is 0.865. The zero-order valence-electron chi connectivity index (χ0n) is 11.6. The van der Waals surface area contributed by atoms with E-state index in [0.717, 1.165) is 19.8 Å². The van der Waals surface area contributed by atoms with Gasteiger partial charge in [-0.25, -0.2) is 0 Å². The fourth-order valence-corrected chi connectivity index (χ4v) is 2.30. The second-order valence-corrected chi connectivity index (χ2v) is 5.35. The summed E-state index contributed by atoms with van der Waals surface area (Å²) in [5.41, 5.74) is 2.59. The standard InChI is InChI=1S/C15H24N2O/c1-12(14-8-9-18-11-14)16-10-13-4-6-15(7-5-13)17(2)3/h4-7,12,14,16H,8-11H2,1-3H3. The summed E-state index contributed by atoms with van der Waals surface area (Å²) >= 11 is 0. The topological polar surface area (TPSA) is 24.5 Å². The highest BCUT2D eigenvalue weighted by molar-refractivity contribution is 5.45. The average molecular weight is 248 g/mol. The second-order valence-electron chi connectivity index (χ2n) is 5.35. The minimum atomic E-state index is 0.529. The summed E-state index contributed by atoms with van der Waals surface area (Å²) in [6.07, 6.45) is 1.19. The van der Waals surface area contributed by atoms with Crippen LogP contribution in [0.4, 0.5) is 5.69 Å². The van der Waals surface area contributed by atoms with Crippen LogP contribution in [0.3, 0.4) is 0 Å². The Morgan fingerprint density at radius 1 is 1.33 bits per heavy atom. The summed E-state index contributed by atoms with van der Waals surface area (Å²) in [6, 6.07) is 9.25. The van der Waals surface area contributed by atoms with Crippen molar-refractivity contribution in [1.82, 2.24) is 5.32 Å². The first kappa shape index (κ1) is 13.4. The number of hydrogen-bond donors (Lipinski definition) is 1. The van der Waals surface area contributed by atoms with Gasteiger partial charge in [-0.1, -0.05) is 12.1 Å². The fraction of sp³-hybridized carbons (Fsp3) is 0.600. The van der Waals surface area contributed by atoms with E-state index in [9.17, 15) is 0 Å². The minimum absolute atomic E-state index is 0.529. The van der Waals surface area contributed by atoms with Crippen molar-refractivity contribution in [3.05, 3.63) is 29.8 Å². The Labute approximate surface area is 110 Å². The molecule has 2 rings (SSSR count). The van der Waals surface area contributed by atoms with Crippen LogP contribution in [0.5, 0.6) is 0 Å². The van der Waals surface area contributed by atoms with Crippen molar-refractivity contribution < 1.29 is 4.74 Å². The number of anilines is 1. The van der Waals surface area contributed by atoms with Gasteiger partial charge in [0, 0.05) is 39.0 Å².